The lowest BCUT2D eigenvalue weighted by Gasteiger charge is -2.30. The molecule has 0 aliphatic carbocycles. The Kier molecular flexibility index (Phi) is 64.3. The molecule has 0 saturated carbocycles. The number of carbonyl (C=O) groups excluding carboxylic acids is 2. The monoisotopic (exact) mass is 1220 g/mol. The Morgan fingerprint density at radius 1 is 0.400 bits per heavy atom. The van der Waals surface area contributed by atoms with E-state index < -0.39 is 20.0 Å². The number of amides is 1. The van der Waals surface area contributed by atoms with Crippen molar-refractivity contribution in [2.75, 3.05) is 40.9 Å². The minimum atomic E-state index is -4.70. The van der Waals surface area contributed by atoms with Crippen molar-refractivity contribution in [3.05, 3.63) is 24.3 Å². The molecule has 0 radical (unpaired) electrons. The average molecular weight is 1220 g/mol. The Labute approximate surface area is 530 Å². The van der Waals surface area contributed by atoms with Gasteiger partial charge in [-0.25, -0.2) is 0 Å². The molecule has 0 aromatic carbocycles. The van der Waals surface area contributed by atoms with E-state index in [9.17, 15) is 19.0 Å². The van der Waals surface area contributed by atoms with Crippen molar-refractivity contribution in [1.29, 1.82) is 0 Å². The van der Waals surface area contributed by atoms with Crippen molar-refractivity contribution in [2.24, 2.45) is 0 Å². The normalized spacial score (nSPS) is 13.5. The quantitative estimate of drug-likeness (QED) is 0.0212. The molecule has 85 heavy (non-hydrogen) atoms. The summed E-state index contributed by atoms with van der Waals surface area (Å²) in [5.41, 5.74) is 0. The molecule has 10 heteroatoms. The number of phosphoric ester groups is 1. The van der Waals surface area contributed by atoms with Gasteiger partial charge in [-0.05, 0) is 57.4 Å². The molecule has 504 valence electrons. The second-order valence-electron chi connectivity index (χ2n) is 27.2. The Bertz CT molecular complexity index is 1500. The number of hydrogen-bond acceptors (Lipinski definition) is 7. The molecule has 3 atom stereocenters. The number of esters is 1. The molecule has 0 saturated heterocycles. The first-order valence-electron chi connectivity index (χ1n) is 37.6. The molecule has 0 heterocycles. The summed E-state index contributed by atoms with van der Waals surface area (Å²) in [6, 6.07) is -0.884. The minimum absolute atomic E-state index is 0.0184. The second-order valence-corrected chi connectivity index (χ2v) is 28.6. The van der Waals surface area contributed by atoms with Gasteiger partial charge in [0.1, 0.15) is 19.3 Å². The van der Waals surface area contributed by atoms with Crippen molar-refractivity contribution in [3.8, 4) is 0 Å². The van der Waals surface area contributed by atoms with Crippen LogP contribution in [-0.2, 0) is 27.9 Å². The number of likely N-dealkylation sites (N-methyl/N-ethyl adjacent to an activating group) is 1. The first-order valence-corrected chi connectivity index (χ1v) is 39.1. The topological polar surface area (TPSA) is 114 Å². The number of rotatable bonds is 70. The van der Waals surface area contributed by atoms with Crippen LogP contribution in [0.3, 0.4) is 0 Å². The van der Waals surface area contributed by atoms with E-state index in [0.717, 1.165) is 57.8 Å². The van der Waals surface area contributed by atoms with E-state index in [1.807, 2.05) is 33.3 Å². The number of quaternary nitrogens is 1. The van der Waals surface area contributed by atoms with Gasteiger partial charge in [-0.1, -0.05) is 347 Å². The maximum atomic E-state index is 13.6. The highest BCUT2D eigenvalue weighted by Crippen LogP contribution is 2.38. The molecule has 0 spiro atoms. The van der Waals surface area contributed by atoms with E-state index in [-0.39, 0.29) is 31.5 Å². The van der Waals surface area contributed by atoms with Crippen molar-refractivity contribution < 1.29 is 37.3 Å². The molecule has 9 nitrogen and oxygen atoms in total. The fourth-order valence-corrected chi connectivity index (χ4v) is 12.3. The summed E-state index contributed by atoms with van der Waals surface area (Å²) in [5.74, 6) is -0.518. The Balaban J connectivity index is 4.90. The van der Waals surface area contributed by atoms with Crippen LogP contribution >= 0.6 is 7.82 Å². The zero-order valence-corrected chi connectivity index (χ0v) is 58.7. The van der Waals surface area contributed by atoms with Crippen LogP contribution in [0.4, 0.5) is 0 Å². The lowest BCUT2D eigenvalue weighted by atomic mass is 10.0. The van der Waals surface area contributed by atoms with Crippen LogP contribution in [0.1, 0.15) is 393 Å². The van der Waals surface area contributed by atoms with E-state index in [1.54, 1.807) is 0 Å². The number of unbranched alkanes of at least 4 members (excludes halogenated alkanes) is 52. The predicted octanol–water partition coefficient (Wildman–Crippen LogP) is 23.4. The lowest BCUT2D eigenvalue weighted by molar-refractivity contribution is -0.870. The highest BCUT2D eigenvalue weighted by Gasteiger charge is 2.27. The fourth-order valence-electron chi connectivity index (χ4n) is 11.6. The Morgan fingerprint density at radius 2 is 0.682 bits per heavy atom. The average Bonchev–Trinajstić information content (AvgIpc) is 3.57. The van der Waals surface area contributed by atoms with E-state index in [1.165, 1.54) is 302 Å². The third-order valence-corrected chi connectivity index (χ3v) is 18.3. The van der Waals surface area contributed by atoms with Gasteiger partial charge in [-0.3, -0.25) is 14.2 Å². The molecule has 0 aliphatic heterocycles. The van der Waals surface area contributed by atoms with Crippen molar-refractivity contribution >= 4 is 19.7 Å². The number of allylic oxidation sites excluding steroid dienone is 3. The third-order valence-electron chi connectivity index (χ3n) is 17.4. The van der Waals surface area contributed by atoms with Gasteiger partial charge < -0.3 is 28.5 Å². The van der Waals surface area contributed by atoms with Gasteiger partial charge in [0.2, 0.25) is 5.91 Å². The van der Waals surface area contributed by atoms with Crippen LogP contribution in [0.5, 0.6) is 0 Å². The summed E-state index contributed by atoms with van der Waals surface area (Å²) in [6.45, 7) is 6.91. The highest BCUT2D eigenvalue weighted by atomic mass is 31.2. The second kappa shape index (κ2) is 65.4. The maximum Gasteiger partial charge on any atom is 0.306 e. The van der Waals surface area contributed by atoms with Gasteiger partial charge in [0.25, 0.3) is 7.82 Å². The predicted molar refractivity (Wildman–Crippen MR) is 367 cm³/mol. The zero-order valence-electron chi connectivity index (χ0n) is 57.8. The van der Waals surface area contributed by atoms with Gasteiger partial charge in [0.05, 0.1) is 33.8 Å². The van der Waals surface area contributed by atoms with E-state index in [0.29, 0.717) is 17.4 Å². The highest BCUT2D eigenvalue weighted by molar-refractivity contribution is 7.45. The molecule has 0 aromatic heterocycles. The van der Waals surface area contributed by atoms with Crippen LogP contribution in [0.2, 0.25) is 0 Å². The largest absolute Gasteiger partial charge is 0.756 e. The van der Waals surface area contributed by atoms with Gasteiger partial charge in [0, 0.05) is 12.8 Å². The number of nitrogens with zero attached hydrogens (tertiary/aromatic N) is 1. The molecular formula is C75H147N2O7P. The third kappa shape index (κ3) is 66.7. The van der Waals surface area contributed by atoms with Crippen molar-refractivity contribution in [1.82, 2.24) is 5.32 Å². The first kappa shape index (κ1) is 83.5. The van der Waals surface area contributed by atoms with E-state index >= 15 is 0 Å². The fraction of sp³-hybridized carbons (Fsp3) is 0.920. The summed E-state index contributed by atoms with van der Waals surface area (Å²) >= 11 is 0. The first-order chi connectivity index (χ1) is 41.4. The van der Waals surface area contributed by atoms with E-state index in [2.05, 4.69) is 38.2 Å². The molecule has 3 unspecified atom stereocenters. The van der Waals surface area contributed by atoms with Crippen LogP contribution in [0.15, 0.2) is 24.3 Å². The Hall–Kier alpha value is -1.51. The lowest BCUT2D eigenvalue weighted by Crippen LogP contribution is -2.47. The standard InChI is InChI=1S/C75H147N2O7P/c1-7-10-13-16-19-22-25-27-29-31-33-35-36-37-38-39-40-42-44-46-48-50-53-56-59-62-65-68-75(79)84-73(66-63-60-57-54-51-24-21-18-15-12-9-3)72(71-83-85(80,81)82-70-69-77(4,5)6)76-74(78)67-64-61-58-55-52-49-47-45-43-41-34-32-30-28-26-23-20-17-14-11-8-2/h28,30,63,66,72-73H,7-27,29,31-62,64-65,67-71H2,1-6H3,(H-,76,78,80,81)/b30-28+,66-63-. The molecule has 0 aromatic rings. The van der Waals surface area contributed by atoms with Crippen LogP contribution < -0.4 is 10.2 Å². The number of nitrogens with one attached hydrogen (secondary N) is 1. The van der Waals surface area contributed by atoms with Gasteiger partial charge in [-0.15, -0.1) is 0 Å². The summed E-state index contributed by atoms with van der Waals surface area (Å²) in [6.07, 6.45) is 80.4. The summed E-state index contributed by atoms with van der Waals surface area (Å²) in [5, 5.41) is 3.05. The van der Waals surface area contributed by atoms with Crippen LogP contribution in [0.25, 0.3) is 0 Å². The summed E-state index contributed by atoms with van der Waals surface area (Å²) in [7, 11) is 1.21. The molecule has 1 amide bonds. The van der Waals surface area contributed by atoms with Crippen molar-refractivity contribution in [3.63, 3.8) is 0 Å². The molecule has 0 fully saturated rings. The van der Waals surface area contributed by atoms with Crippen molar-refractivity contribution in [2.45, 2.75) is 405 Å². The SMILES string of the molecule is CCCCCCCC/C=C/CCCCCCCCCCCCCC(=O)NC(COP(=O)([O-])OCC[N+](C)(C)C)C(/C=C\CCCCCCCCCCC)OC(=O)CCCCCCCCCCCCCCCCCCCCCCCCCCCCC. The van der Waals surface area contributed by atoms with E-state index in [4.69, 9.17) is 13.8 Å². The number of carbonyl (C=O) groups is 2. The number of hydrogen-bond donors (Lipinski definition) is 1. The maximum absolute atomic E-state index is 13.6. The van der Waals surface area contributed by atoms with Gasteiger partial charge >= 0.3 is 5.97 Å². The molecule has 0 bridgehead atoms. The number of ether oxygens (including phenoxy) is 1. The zero-order chi connectivity index (χ0) is 62.1. The van der Waals surface area contributed by atoms with Gasteiger partial charge in [-0.2, -0.15) is 0 Å². The molecule has 1 N–H and O–H groups in total. The summed E-state index contributed by atoms with van der Waals surface area (Å²) in [4.78, 5) is 40.2. The van der Waals surface area contributed by atoms with Crippen LogP contribution in [0, 0.1) is 0 Å². The molecule has 0 aliphatic rings. The smallest absolute Gasteiger partial charge is 0.306 e. The van der Waals surface area contributed by atoms with Gasteiger partial charge in [0.15, 0.2) is 0 Å². The summed E-state index contributed by atoms with van der Waals surface area (Å²) < 4.78 is 30.5. The minimum Gasteiger partial charge on any atom is -0.756 e. The Morgan fingerprint density at radius 3 is 1.00 bits per heavy atom. The number of phosphoric acid groups is 1. The van der Waals surface area contributed by atoms with Crippen LogP contribution in [-0.4, -0.2) is 69.4 Å². The molecule has 0 rings (SSSR count). The molecular weight excluding hydrogens is 1070 g/mol.